The second-order valence-corrected chi connectivity index (χ2v) is 8.11. The third-order valence-electron chi connectivity index (χ3n) is 5.73. The molecule has 0 bridgehead atoms. The monoisotopic (exact) mass is 444 g/mol. The molecule has 8 nitrogen and oxygen atoms in total. The molecule has 3 aromatic heterocycles. The lowest BCUT2D eigenvalue weighted by Crippen LogP contribution is -2.44. The predicted octanol–water partition coefficient (Wildman–Crippen LogP) is 3.55. The Balaban J connectivity index is 1.41. The lowest BCUT2D eigenvalue weighted by atomic mass is 9.79. The second kappa shape index (κ2) is 8.42. The Bertz CT molecular complexity index is 1310. The first-order valence-corrected chi connectivity index (χ1v) is 10.6. The van der Waals surface area contributed by atoms with Gasteiger partial charge in [-0.1, -0.05) is 24.3 Å². The van der Waals surface area contributed by atoms with Crippen LogP contribution in [0.15, 0.2) is 60.8 Å². The molecule has 2 N–H and O–H groups in total. The number of amides is 1. The van der Waals surface area contributed by atoms with E-state index in [1.165, 1.54) is 12.1 Å². The number of hydrogen-bond acceptors (Lipinski definition) is 6. The van der Waals surface area contributed by atoms with E-state index in [0.29, 0.717) is 35.9 Å². The quantitative estimate of drug-likeness (QED) is 0.488. The van der Waals surface area contributed by atoms with Crippen molar-refractivity contribution in [3.05, 3.63) is 83.7 Å². The molecule has 3 heterocycles. The van der Waals surface area contributed by atoms with Crippen LogP contribution in [0.1, 0.15) is 40.6 Å². The van der Waals surface area contributed by atoms with Gasteiger partial charge in [0, 0.05) is 24.2 Å². The summed E-state index contributed by atoms with van der Waals surface area (Å²) in [5.41, 5.74) is 2.11. The summed E-state index contributed by atoms with van der Waals surface area (Å²) in [6.45, 7) is 1.94. The van der Waals surface area contributed by atoms with Gasteiger partial charge in [-0.25, -0.2) is 9.37 Å². The third-order valence-corrected chi connectivity index (χ3v) is 5.73. The van der Waals surface area contributed by atoms with Crippen LogP contribution in [0.25, 0.3) is 17.2 Å². The summed E-state index contributed by atoms with van der Waals surface area (Å²) < 4.78 is 16.5. The summed E-state index contributed by atoms with van der Waals surface area (Å²) >= 11 is 0. The Labute approximate surface area is 189 Å². The number of pyridine rings is 2. The number of halogens is 1. The van der Waals surface area contributed by atoms with Crippen molar-refractivity contribution in [3.8, 4) is 23.1 Å². The van der Waals surface area contributed by atoms with E-state index in [0.717, 1.165) is 5.56 Å². The van der Waals surface area contributed by atoms with Gasteiger partial charge in [0.25, 0.3) is 5.91 Å². The van der Waals surface area contributed by atoms with Crippen LogP contribution < -0.4 is 5.32 Å². The fourth-order valence-corrected chi connectivity index (χ4v) is 3.95. The van der Waals surface area contributed by atoms with E-state index in [-0.39, 0.29) is 35.3 Å². The molecule has 1 aromatic carbocycles. The normalized spacial score (nSPS) is 17.4. The van der Waals surface area contributed by atoms with Crippen molar-refractivity contribution in [2.45, 2.75) is 31.7 Å². The maximum absolute atomic E-state index is 14.8. The molecule has 1 aliphatic carbocycles. The zero-order valence-electron chi connectivity index (χ0n) is 17.8. The van der Waals surface area contributed by atoms with Gasteiger partial charge in [0.1, 0.15) is 23.0 Å². The van der Waals surface area contributed by atoms with Crippen LogP contribution in [0.4, 0.5) is 4.39 Å². The van der Waals surface area contributed by atoms with E-state index in [1.807, 2.05) is 19.1 Å². The molecule has 0 radical (unpaired) electrons. The first kappa shape index (κ1) is 20.7. The minimum atomic E-state index is -0.383. The lowest BCUT2D eigenvalue weighted by Gasteiger charge is -2.35. The minimum Gasteiger partial charge on any atom is -0.493 e. The highest BCUT2D eigenvalue weighted by Gasteiger charge is 2.36. The maximum Gasteiger partial charge on any atom is 0.270 e. The van der Waals surface area contributed by atoms with Crippen LogP contribution in [0, 0.1) is 12.7 Å². The number of aromatic nitrogens is 5. The van der Waals surface area contributed by atoms with Crippen LogP contribution in [0.5, 0.6) is 5.88 Å². The molecule has 1 saturated carbocycles. The highest BCUT2D eigenvalue weighted by atomic mass is 19.1. The minimum absolute atomic E-state index is 0.0151. The number of para-hydroxylation sites is 1. The maximum atomic E-state index is 14.8. The molecule has 9 heteroatoms. The van der Waals surface area contributed by atoms with Crippen molar-refractivity contribution < 1.29 is 14.3 Å². The molecule has 0 aliphatic heterocycles. The zero-order chi connectivity index (χ0) is 22.9. The molecule has 4 aromatic rings. The van der Waals surface area contributed by atoms with Gasteiger partial charge in [-0.15, -0.1) is 10.2 Å². The van der Waals surface area contributed by atoms with E-state index < -0.39 is 0 Å². The van der Waals surface area contributed by atoms with Crippen LogP contribution >= 0.6 is 0 Å². The number of carbonyl (C=O) groups is 1. The van der Waals surface area contributed by atoms with Gasteiger partial charge in [-0.05, 0) is 49.6 Å². The molecule has 0 unspecified atom stereocenters. The fraction of sp³-hybridized carbons (Fsp3) is 0.208. The van der Waals surface area contributed by atoms with Crippen LogP contribution in [0.3, 0.4) is 0 Å². The van der Waals surface area contributed by atoms with E-state index >= 15 is 0 Å². The molecule has 33 heavy (non-hydrogen) atoms. The smallest absolute Gasteiger partial charge is 0.270 e. The number of carbonyl (C=O) groups excluding carboxylic acids is 1. The van der Waals surface area contributed by atoms with Crippen molar-refractivity contribution in [3.63, 3.8) is 0 Å². The average Bonchev–Trinajstić information content (AvgIpc) is 3.21. The standard InChI is InChI=1S/C24H21FN6O2/c1-14-9-10-18(26-13-14)23-30-29-22(31(23)20-7-3-2-5-17(20)25)15-11-16(12-15)27-24(33)19-6-4-8-21(32)28-19/h2-10,13,15-16H,11-12H2,1H3,(H,27,33)(H,28,32)/t15-,16-. The summed E-state index contributed by atoms with van der Waals surface area (Å²) in [7, 11) is 0. The number of benzene rings is 1. The molecule has 0 saturated heterocycles. The second-order valence-electron chi connectivity index (χ2n) is 8.11. The Morgan fingerprint density at radius 3 is 2.64 bits per heavy atom. The number of nitrogens with one attached hydrogen (secondary N) is 1. The molecular weight excluding hydrogens is 423 g/mol. The first-order chi connectivity index (χ1) is 16.0. The molecule has 0 atom stereocenters. The van der Waals surface area contributed by atoms with Gasteiger partial charge in [-0.2, -0.15) is 0 Å². The van der Waals surface area contributed by atoms with Crippen LogP contribution in [0.2, 0.25) is 0 Å². The molecule has 166 valence electrons. The molecule has 1 aliphatic rings. The van der Waals surface area contributed by atoms with Gasteiger partial charge in [0.2, 0.25) is 5.88 Å². The van der Waals surface area contributed by atoms with Crippen molar-refractivity contribution in [2.24, 2.45) is 0 Å². The van der Waals surface area contributed by atoms with E-state index in [9.17, 15) is 14.3 Å². The highest BCUT2D eigenvalue weighted by molar-refractivity contribution is 5.92. The summed E-state index contributed by atoms with van der Waals surface area (Å²) in [6.07, 6.45) is 2.98. The summed E-state index contributed by atoms with van der Waals surface area (Å²) in [5.74, 6) is 0.133. The number of hydrogen-bond donors (Lipinski definition) is 2. The van der Waals surface area contributed by atoms with Gasteiger partial charge >= 0.3 is 0 Å². The third kappa shape index (κ3) is 4.05. The number of nitrogens with zero attached hydrogens (tertiary/aromatic N) is 5. The Morgan fingerprint density at radius 2 is 1.91 bits per heavy atom. The predicted molar refractivity (Wildman–Crippen MR) is 118 cm³/mol. The van der Waals surface area contributed by atoms with Crippen molar-refractivity contribution in [2.75, 3.05) is 0 Å². The molecule has 1 amide bonds. The largest absolute Gasteiger partial charge is 0.493 e. The number of aryl methyl sites for hydroxylation is 1. The van der Waals surface area contributed by atoms with Gasteiger partial charge in [-0.3, -0.25) is 14.3 Å². The fourth-order valence-electron chi connectivity index (χ4n) is 3.95. The Kier molecular flexibility index (Phi) is 5.29. The van der Waals surface area contributed by atoms with Crippen molar-refractivity contribution >= 4 is 5.91 Å². The van der Waals surface area contributed by atoms with E-state index in [2.05, 4.69) is 25.5 Å². The van der Waals surface area contributed by atoms with Gasteiger partial charge < -0.3 is 10.4 Å². The van der Waals surface area contributed by atoms with Crippen LogP contribution in [-0.2, 0) is 0 Å². The van der Waals surface area contributed by atoms with Crippen molar-refractivity contribution in [1.82, 2.24) is 30.0 Å². The van der Waals surface area contributed by atoms with Crippen molar-refractivity contribution in [1.29, 1.82) is 0 Å². The molecule has 0 spiro atoms. The van der Waals surface area contributed by atoms with E-state index in [1.54, 1.807) is 41.1 Å². The van der Waals surface area contributed by atoms with Crippen LogP contribution in [-0.4, -0.2) is 41.8 Å². The SMILES string of the molecule is Cc1ccc(-c2nnc([C@H]3C[C@H](NC(=O)c4cccc(O)n4)C3)n2-c2ccccc2F)nc1. The van der Waals surface area contributed by atoms with E-state index in [4.69, 9.17) is 0 Å². The number of aromatic hydroxyl groups is 1. The highest BCUT2D eigenvalue weighted by Crippen LogP contribution is 2.38. The number of rotatable bonds is 5. The topological polar surface area (TPSA) is 106 Å². The molecule has 1 fully saturated rings. The van der Waals surface area contributed by atoms with Gasteiger partial charge in [0.05, 0.1) is 5.69 Å². The average molecular weight is 444 g/mol. The molecule has 5 rings (SSSR count). The molecular formula is C24H21FN6O2. The summed E-state index contributed by atoms with van der Waals surface area (Å²) in [6, 6.07) is 14.7. The lowest BCUT2D eigenvalue weighted by molar-refractivity contribution is 0.0901. The summed E-state index contributed by atoms with van der Waals surface area (Å²) in [5, 5.41) is 21.1. The Morgan fingerprint density at radius 1 is 1.09 bits per heavy atom. The summed E-state index contributed by atoms with van der Waals surface area (Å²) in [4.78, 5) is 20.7. The van der Waals surface area contributed by atoms with Gasteiger partial charge in [0.15, 0.2) is 5.82 Å². The Hall–Kier alpha value is -4.14. The zero-order valence-corrected chi connectivity index (χ0v) is 17.8. The first-order valence-electron chi connectivity index (χ1n) is 10.6.